The van der Waals surface area contributed by atoms with E-state index in [0.717, 1.165) is 6.54 Å². The molecule has 0 saturated heterocycles. The maximum absolute atomic E-state index is 10.7. The van der Waals surface area contributed by atoms with Crippen molar-refractivity contribution in [2.75, 3.05) is 31.0 Å². The molecule has 1 atom stereocenters. The van der Waals surface area contributed by atoms with Gasteiger partial charge in [0, 0.05) is 18.7 Å². The third-order valence-electron chi connectivity index (χ3n) is 1.41. The zero-order valence-electron chi connectivity index (χ0n) is 7.51. The van der Waals surface area contributed by atoms with E-state index in [-0.39, 0.29) is 5.75 Å². The maximum atomic E-state index is 10.7. The maximum Gasteiger partial charge on any atom is 0.148 e. The van der Waals surface area contributed by atoms with Gasteiger partial charge >= 0.3 is 0 Å². The topological polar surface area (TPSA) is 46.2 Å². The molecule has 1 N–H and O–H groups in total. The highest BCUT2D eigenvalue weighted by molar-refractivity contribution is 7.90. The van der Waals surface area contributed by atoms with Crippen LogP contribution in [0.5, 0.6) is 0 Å². The molecule has 0 fully saturated rings. The van der Waals surface area contributed by atoms with E-state index in [9.17, 15) is 8.42 Å². The first-order valence-corrected chi connectivity index (χ1v) is 6.49. The molecule has 0 aromatic heterocycles. The molecule has 0 radical (unpaired) electrons. The Hall–Kier alpha value is 0.200. The normalized spacial score (nSPS) is 14.6. The van der Waals surface area contributed by atoms with Crippen molar-refractivity contribution in [2.24, 2.45) is 5.92 Å². The highest BCUT2D eigenvalue weighted by Gasteiger charge is 2.02. The van der Waals surface area contributed by atoms with Gasteiger partial charge < -0.3 is 5.32 Å². The third kappa shape index (κ3) is 8.30. The van der Waals surface area contributed by atoms with Crippen LogP contribution in [0.25, 0.3) is 0 Å². The van der Waals surface area contributed by atoms with E-state index in [1.54, 1.807) is 0 Å². The van der Waals surface area contributed by atoms with Crippen LogP contribution >= 0.6 is 11.6 Å². The second-order valence-corrected chi connectivity index (χ2v) is 5.66. The number of nitrogens with one attached hydrogen (secondary N) is 1. The Balaban J connectivity index is 3.34. The van der Waals surface area contributed by atoms with E-state index in [1.165, 1.54) is 6.26 Å². The van der Waals surface area contributed by atoms with Crippen molar-refractivity contribution in [3.8, 4) is 0 Å². The Morgan fingerprint density at radius 2 is 2.08 bits per heavy atom. The summed E-state index contributed by atoms with van der Waals surface area (Å²) >= 11 is 5.56. The number of rotatable bonds is 6. The lowest BCUT2D eigenvalue weighted by Gasteiger charge is -2.07. The predicted octanol–water partition coefficient (Wildman–Crippen LogP) is 0.496. The summed E-state index contributed by atoms with van der Waals surface area (Å²) in [6, 6.07) is 0. The molecule has 0 spiro atoms. The second-order valence-electron chi connectivity index (χ2n) is 3.09. The number of hydrogen-bond donors (Lipinski definition) is 1. The summed E-state index contributed by atoms with van der Waals surface area (Å²) in [5, 5.41) is 3.03. The van der Waals surface area contributed by atoms with Crippen molar-refractivity contribution in [1.82, 2.24) is 5.32 Å². The van der Waals surface area contributed by atoms with Crippen LogP contribution in [0, 0.1) is 5.92 Å². The van der Waals surface area contributed by atoms with Crippen LogP contribution in [0.15, 0.2) is 0 Å². The molecule has 0 aliphatic carbocycles. The molecular formula is C7H16ClNO2S. The first kappa shape index (κ1) is 12.2. The Labute approximate surface area is 79.4 Å². The molecule has 0 bridgehead atoms. The Morgan fingerprint density at radius 1 is 1.50 bits per heavy atom. The van der Waals surface area contributed by atoms with Crippen LogP contribution < -0.4 is 5.32 Å². The minimum absolute atomic E-state index is 0.196. The summed E-state index contributed by atoms with van der Waals surface area (Å²) in [6.07, 6.45) is 1.24. The van der Waals surface area contributed by atoms with Gasteiger partial charge in [-0.1, -0.05) is 6.92 Å². The third-order valence-corrected chi connectivity index (χ3v) is 2.88. The van der Waals surface area contributed by atoms with Gasteiger partial charge in [-0.15, -0.1) is 11.6 Å². The molecule has 74 valence electrons. The largest absolute Gasteiger partial charge is 0.315 e. The highest BCUT2D eigenvalue weighted by atomic mass is 35.5. The molecule has 5 heteroatoms. The summed E-state index contributed by atoms with van der Waals surface area (Å²) < 4.78 is 21.4. The quantitative estimate of drug-likeness (QED) is 0.516. The number of sulfone groups is 1. The minimum Gasteiger partial charge on any atom is -0.315 e. The van der Waals surface area contributed by atoms with Crippen molar-refractivity contribution >= 4 is 21.4 Å². The fourth-order valence-electron chi connectivity index (χ4n) is 0.661. The standard InChI is InChI=1S/C7H16ClNO2S/c1-7(5-8)6-9-3-4-12(2,10)11/h7,9H,3-6H2,1-2H3. The molecular weight excluding hydrogens is 198 g/mol. The lowest BCUT2D eigenvalue weighted by atomic mass is 10.2. The molecule has 0 saturated carbocycles. The van der Waals surface area contributed by atoms with Gasteiger partial charge in [0.05, 0.1) is 5.75 Å². The van der Waals surface area contributed by atoms with Crippen LogP contribution in [-0.4, -0.2) is 39.4 Å². The molecule has 1 unspecified atom stereocenters. The lowest BCUT2D eigenvalue weighted by Crippen LogP contribution is -2.27. The van der Waals surface area contributed by atoms with E-state index >= 15 is 0 Å². The Kier molecular flexibility index (Phi) is 5.88. The van der Waals surface area contributed by atoms with Gasteiger partial charge in [0.15, 0.2) is 0 Å². The zero-order chi connectivity index (χ0) is 9.61. The molecule has 0 amide bonds. The van der Waals surface area contributed by atoms with E-state index in [2.05, 4.69) is 5.32 Å². The summed E-state index contributed by atoms with van der Waals surface area (Å²) in [7, 11) is -2.82. The average Bonchev–Trinajstić information content (AvgIpc) is 1.96. The van der Waals surface area contributed by atoms with Crippen molar-refractivity contribution in [3.63, 3.8) is 0 Å². The van der Waals surface area contributed by atoms with Crippen LogP contribution in [0.2, 0.25) is 0 Å². The molecule has 12 heavy (non-hydrogen) atoms. The fraction of sp³-hybridized carbons (Fsp3) is 1.00. The lowest BCUT2D eigenvalue weighted by molar-refractivity contribution is 0.562. The predicted molar refractivity (Wildman–Crippen MR) is 52.5 cm³/mol. The SMILES string of the molecule is CC(CCl)CNCCS(C)(=O)=O. The molecule has 0 heterocycles. The molecule has 0 aliphatic rings. The Bertz CT molecular complexity index is 203. The number of hydrogen-bond acceptors (Lipinski definition) is 3. The first-order chi connectivity index (χ1) is 5.45. The van der Waals surface area contributed by atoms with E-state index in [0.29, 0.717) is 18.3 Å². The first-order valence-electron chi connectivity index (χ1n) is 3.90. The Morgan fingerprint density at radius 3 is 2.50 bits per heavy atom. The summed E-state index contributed by atoms with van der Waals surface area (Å²) in [6.45, 7) is 3.31. The summed E-state index contributed by atoms with van der Waals surface area (Å²) in [5.74, 6) is 1.19. The van der Waals surface area contributed by atoms with Gasteiger partial charge in [-0.25, -0.2) is 8.42 Å². The monoisotopic (exact) mass is 213 g/mol. The van der Waals surface area contributed by atoms with Gasteiger partial charge in [-0.05, 0) is 12.5 Å². The second kappa shape index (κ2) is 5.78. The van der Waals surface area contributed by atoms with Gasteiger partial charge in [-0.2, -0.15) is 0 Å². The van der Waals surface area contributed by atoms with Crippen molar-refractivity contribution in [2.45, 2.75) is 6.92 Å². The van der Waals surface area contributed by atoms with E-state index in [1.807, 2.05) is 6.92 Å². The van der Waals surface area contributed by atoms with Crippen LogP contribution in [0.1, 0.15) is 6.92 Å². The smallest absolute Gasteiger partial charge is 0.148 e. The van der Waals surface area contributed by atoms with Crippen molar-refractivity contribution in [3.05, 3.63) is 0 Å². The van der Waals surface area contributed by atoms with E-state index < -0.39 is 9.84 Å². The van der Waals surface area contributed by atoms with Crippen molar-refractivity contribution in [1.29, 1.82) is 0 Å². The zero-order valence-corrected chi connectivity index (χ0v) is 9.08. The summed E-state index contributed by atoms with van der Waals surface area (Å²) in [4.78, 5) is 0. The van der Waals surface area contributed by atoms with Crippen LogP contribution in [0.4, 0.5) is 0 Å². The fourth-order valence-corrected chi connectivity index (χ4v) is 1.28. The molecule has 0 aromatic rings. The van der Waals surface area contributed by atoms with Crippen LogP contribution in [-0.2, 0) is 9.84 Å². The minimum atomic E-state index is -2.82. The average molecular weight is 214 g/mol. The molecule has 3 nitrogen and oxygen atoms in total. The van der Waals surface area contributed by atoms with Crippen LogP contribution in [0.3, 0.4) is 0 Å². The van der Waals surface area contributed by atoms with Gasteiger partial charge in [0.1, 0.15) is 9.84 Å². The van der Waals surface area contributed by atoms with Gasteiger partial charge in [-0.3, -0.25) is 0 Å². The molecule has 0 aromatic carbocycles. The number of halogens is 1. The molecule has 0 rings (SSSR count). The highest BCUT2D eigenvalue weighted by Crippen LogP contribution is 1.94. The number of alkyl halides is 1. The van der Waals surface area contributed by atoms with Crippen molar-refractivity contribution < 1.29 is 8.42 Å². The summed E-state index contributed by atoms with van der Waals surface area (Å²) in [5.41, 5.74) is 0. The van der Waals surface area contributed by atoms with E-state index in [4.69, 9.17) is 11.6 Å². The van der Waals surface area contributed by atoms with Gasteiger partial charge in [0.25, 0.3) is 0 Å². The molecule has 0 aliphatic heterocycles. The van der Waals surface area contributed by atoms with Gasteiger partial charge in [0.2, 0.25) is 0 Å².